The van der Waals surface area contributed by atoms with Gasteiger partial charge in [-0.25, -0.2) is 0 Å². The van der Waals surface area contributed by atoms with Crippen molar-refractivity contribution in [2.45, 2.75) is 25.7 Å². The van der Waals surface area contributed by atoms with Crippen LogP contribution in [0.25, 0.3) is 0 Å². The molecular weight excluding hydrogens is 335 g/mol. The number of nitrogens with one attached hydrogen (secondary N) is 1. The second kappa shape index (κ2) is 5.87. The molecule has 0 saturated heterocycles. The second-order valence-electron chi connectivity index (χ2n) is 4.46. The molecule has 0 fully saturated rings. The van der Waals surface area contributed by atoms with Crippen LogP contribution in [0, 0.1) is 0 Å². The molecule has 2 rings (SSSR count). The van der Waals surface area contributed by atoms with Crippen molar-refractivity contribution in [1.29, 1.82) is 0 Å². The molecule has 3 nitrogen and oxygen atoms in total. The van der Waals surface area contributed by atoms with Gasteiger partial charge in [-0.1, -0.05) is 15.9 Å². The van der Waals surface area contributed by atoms with Gasteiger partial charge in [-0.3, -0.25) is 4.68 Å². The van der Waals surface area contributed by atoms with Gasteiger partial charge in [-0.15, -0.1) is 0 Å². The largest absolute Gasteiger partial charge is 0.418 e. The second-order valence-corrected chi connectivity index (χ2v) is 5.38. The molecule has 0 spiro atoms. The molecule has 20 heavy (non-hydrogen) atoms. The van der Waals surface area contributed by atoms with Gasteiger partial charge in [0.05, 0.1) is 12.1 Å². The summed E-state index contributed by atoms with van der Waals surface area (Å²) >= 11 is 3.19. The summed E-state index contributed by atoms with van der Waals surface area (Å²) in [6.45, 7) is 2.29. The number of halogens is 4. The number of benzene rings is 1. The van der Waals surface area contributed by atoms with Gasteiger partial charge in [0.1, 0.15) is 0 Å². The van der Waals surface area contributed by atoms with Crippen LogP contribution in [-0.2, 0) is 12.7 Å². The molecule has 0 aliphatic heterocycles. The smallest absolute Gasteiger partial charge is 0.380 e. The molecule has 1 N–H and O–H groups in total. The predicted octanol–water partition coefficient (Wildman–Crippen LogP) is 4.17. The van der Waals surface area contributed by atoms with Crippen molar-refractivity contribution in [1.82, 2.24) is 9.78 Å². The maximum atomic E-state index is 12.9. The zero-order valence-electron chi connectivity index (χ0n) is 10.7. The molecule has 0 amide bonds. The first-order valence-corrected chi connectivity index (χ1v) is 6.76. The summed E-state index contributed by atoms with van der Waals surface area (Å²) in [5, 5.41) is 6.92. The molecule has 108 valence electrons. The molecule has 0 saturated carbocycles. The SMILES string of the molecule is CC(Cn1cccn1)Nc1cc(Br)ccc1C(F)(F)F. The van der Waals surface area contributed by atoms with Gasteiger partial charge in [0, 0.05) is 28.6 Å². The van der Waals surface area contributed by atoms with Crippen molar-refractivity contribution < 1.29 is 13.2 Å². The van der Waals surface area contributed by atoms with Crippen molar-refractivity contribution >= 4 is 21.6 Å². The van der Waals surface area contributed by atoms with Crippen LogP contribution in [0.3, 0.4) is 0 Å². The normalized spacial score (nSPS) is 13.2. The van der Waals surface area contributed by atoms with Gasteiger partial charge in [0.15, 0.2) is 0 Å². The monoisotopic (exact) mass is 347 g/mol. The first-order valence-electron chi connectivity index (χ1n) is 5.97. The highest BCUT2D eigenvalue weighted by Crippen LogP contribution is 2.36. The van der Waals surface area contributed by atoms with Crippen LogP contribution in [0.15, 0.2) is 41.1 Å². The highest BCUT2D eigenvalue weighted by atomic mass is 79.9. The van der Waals surface area contributed by atoms with Crippen LogP contribution in [0.2, 0.25) is 0 Å². The van der Waals surface area contributed by atoms with Crippen LogP contribution in [0.5, 0.6) is 0 Å². The molecule has 7 heteroatoms. The lowest BCUT2D eigenvalue weighted by Crippen LogP contribution is -2.24. The van der Waals surface area contributed by atoms with Crippen molar-refractivity contribution in [3.63, 3.8) is 0 Å². The number of aromatic nitrogens is 2. The van der Waals surface area contributed by atoms with Crippen LogP contribution in [-0.4, -0.2) is 15.8 Å². The minimum atomic E-state index is -4.38. The average molecular weight is 348 g/mol. The van der Waals surface area contributed by atoms with Crippen LogP contribution in [0.1, 0.15) is 12.5 Å². The summed E-state index contributed by atoms with van der Waals surface area (Å²) in [4.78, 5) is 0. The molecule has 1 unspecified atom stereocenters. The van der Waals surface area contributed by atoms with Gasteiger partial charge in [-0.2, -0.15) is 18.3 Å². The topological polar surface area (TPSA) is 29.9 Å². The minimum absolute atomic E-state index is 0.0616. The van der Waals surface area contributed by atoms with E-state index in [0.717, 1.165) is 6.07 Å². The molecule has 0 aliphatic rings. The third kappa shape index (κ3) is 3.75. The molecule has 0 bridgehead atoms. The van der Waals surface area contributed by atoms with E-state index in [4.69, 9.17) is 0 Å². The fourth-order valence-electron chi connectivity index (χ4n) is 1.88. The Kier molecular flexibility index (Phi) is 4.37. The fourth-order valence-corrected chi connectivity index (χ4v) is 2.24. The summed E-state index contributed by atoms with van der Waals surface area (Å²) < 4.78 is 41.1. The highest BCUT2D eigenvalue weighted by Gasteiger charge is 2.33. The lowest BCUT2D eigenvalue weighted by atomic mass is 10.1. The lowest BCUT2D eigenvalue weighted by molar-refractivity contribution is -0.137. The van der Waals surface area contributed by atoms with Crippen LogP contribution >= 0.6 is 15.9 Å². The van der Waals surface area contributed by atoms with E-state index in [1.807, 2.05) is 6.92 Å². The van der Waals surface area contributed by atoms with E-state index in [2.05, 4.69) is 26.3 Å². The zero-order valence-corrected chi connectivity index (χ0v) is 12.2. The van der Waals surface area contributed by atoms with E-state index in [1.54, 1.807) is 23.1 Å². The van der Waals surface area contributed by atoms with E-state index < -0.39 is 11.7 Å². The number of nitrogens with zero attached hydrogens (tertiary/aromatic N) is 2. The Morgan fingerprint density at radius 3 is 2.75 bits per heavy atom. The number of hydrogen-bond acceptors (Lipinski definition) is 2. The van der Waals surface area contributed by atoms with Crippen molar-refractivity contribution in [3.05, 3.63) is 46.7 Å². The predicted molar refractivity (Wildman–Crippen MR) is 74.5 cm³/mol. The molecule has 1 aromatic heterocycles. The molecule has 0 aliphatic carbocycles. The quantitative estimate of drug-likeness (QED) is 0.899. The van der Waals surface area contributed by atoms with Crippen LogP contribution < -0.4 is 5.32 Å². The summed E-state index contributed by atoms with van der Waals surface area (Å²) in [7, 11) is 0. The molecule has 0 radical (unpaired) electrons. The maximum Gasteiger partial charge on any atom is 0.418 e. The van der Waals surface area contributed by atoms with Gasteiger partial charge in [0.25, 0.3) is 0 Å². The molecule has 1 aromatic carbocycles. The number of anilines is 1. The first-order chi connectivity index (χ1) is 9.36. The average Bonchev–Trinajstić information content (AvgIpc) is 2.79. The van der Waals surface area contributed by atoms with Gasteiger partial charge in [-0.05, 0) is 31.2 Å². The number of rotatable bonds is 4. The Morgan fingerprint density at radius 2 is 2.15 bits per heavy atom. The van der Waals surface area contributed by atoms with Gasteiger partial charge in [0.2, 0.25) is 0 Å². The zero-order chi connectivity index (χ0) is 14.8. The van der Waals surface area contributed by atoms with Crippen molar-refractivity contribution in [2.75, 3.05) is 5.32 Å². The third-order valence-corrected chi connectivity index (χ3v) is 3.20. The van der Waals surface area contributed by atoms with E-state index in [9.17, 15) is 13.2 Å². The Balaban J connectivity index is 2.17. The highest BCUT2D eigenvalue weighted by molar-refractivity contribution is 9.10. The van der Waals surface area contributed by atoms with Crippen molar-refractivity contribution in [3.8, 4) is 0 Å². The minimum Gasteiger partial charge on any atom is -0.380 e. The first kappa shape index (κ1) is 14.9. The summed E-state index contributed by atoms with van der Waals surface area (Å²) in [5.74, 6) is 0. The molecular formula is C13H13BrF3N3. The van der Waals surface area contributed by atoms with E-state index in [-0.39, 0.29) is 11.7 Å². The van der Waals surface area contributed by atoms with Crippen molar-refractivity contribution in [2.24, 2.45) is 0 Å². The maximum absolute atomic E-state index is 12.9. The fraction of sp³-hybridized carbons (Fsp3) is 0.308. The van der Waals surface area contributed by atoms with E-state index >= 15 is 0 Å². The Labute approximate surface area is 122 Å². The molecule has 1 heterocycles. The Morgan fingerprint density at radius 1 is 1.40 bits per heavy atom. The van der Waals surface area contributed by atoms with Gasteiger partial charge >= 0.3 is 6.18 Å². The molecule has 1 atom stereocenters. The summed E-state index contributed by atoms with van der Waals surface area (Å²) in [6.07, 6.45) is -0.981. The standard InChI is InChI=1S/C13H13BrF3N3/c1-9(8-20-6-2-5-18-20)19-12-7-10(14)3-4-11(12)13(15,16)17/h2-7,9,19H,8H2,1H3. The van der Waals surface area contributed by atoms with Gasteiger partial charge < -0.3 is 5.32 Å². The summed E-state index contributed by atoms with van der Waals surface area (Å²) in [6, 6.07) is 5.46. The summed E-state index contributed by atoms with van der Waals surface area (Å²) in [5.41, 5.74) is -0.612. The lowest BCUT2D eigenvalue weighted by Gasteiger charge is -2.19. The van der Waals surface area contributed by atoms with Crippen LogP contribution in [0.4, 0.5) is 18.9 Å². The third-order valence-electron chi connectivity index (χ3n) is 2.71. The number of hydrogen-bond donors (Lipinski definition) is 1. The Hall–Kier alpha value is -1.50. The Bertz CT molecular complexity index is 567. The van der Waals surface area contributed by atoms with E-state index in [1.165, 1.54) is 12.1 Å². The molecule has 2 aromatic rings. The van der Waals surface area contributed by atoms with E-state index in [0.29, 0.717) is 11.0 Å². The number of alkyl halides is 3.